The molecule has 1 unspecified atom stereocenters. The molecule has 0 bridgehead atoms. The Morgan fingerprint density at radius 3 is 2.70 bits per heavy atom. The zero-order chi connectivity index (χ0) is 14.8. The van der Waals surface area contributed by atoms with E-state index in [-0.39, 0.29) is 16.8 Å². The quantitative estimate of drug-likeness (QED) is 0.919. The van der Waals surface area contributed by atoms with E-state index in [2.05, 4.69) is 5.10 Å². The maximum atomic E-state index is 12.9. The normalized spacial score (nSPS) is 21.8. The first-order valence-electron chi connectivity index (χ1n) is 7.35. The summed E-state index contributed by atoms with van der Waals surface area (Å²) < 4.78 is 28.9. The van der Waals surface area contributed by atoms with Crippen molar-refractivity contribution < 1.29 is 8.42 Å². The average Bonchev–Trinajstić information content (AvgIpc) is 2.66. The zero-order valence-corrected chi connectivity index (χ0v) is 13.1. The Hall–Kier alpha value is -1.08. The topological polar surface area (TPSA) is 81.2 Å². The number of rotatable bonds is 4. The lowest BCUT2D eigenvalue weighted by Gasteiger charge is -2.27. The second kappa shape index (κ2) is 6.13. The van der Waals surface area contributed by atoms with E-state index in [4.69, 9.17) is 5.73 Å². The van der Waals surface area contributed by atoms with Gasteiger partial charge in [0.2, 0.25) is 10.0 Å². The molecule has 1 aliphatic rings. The van der Waals surface area contributed by atoms with E-state index in [1.165, 1.54) is 0 Å². The van der Waals surface area contributed by atoms with Gasteiger partial charge < -0.3 is 5.73 Å². The molecule has 0 saturated carbocycles. The number of aryl methyl sites for hydroxylation is 1. The van der Waals surface area contributed by atoms with Crippen LogP contribution in [0.15, 0.2) is 11.1 Å². The van der Waals surface area contributed by atoms with Gasteiger partial charge in [0, 0.05) is 25.3 Å². The van der Waals surface area contributed by atoms with Gasteiger partial charge in [0.1, 0.15) is 4.90 Å². The molecule has 20 heavy (non-hydrogen) atoms. The molecular weight excluding hydrogens is 276 g/mol. The molecule has 2 N–H and O–H groups in total. The Bertz CT molecular complexity index is 553. The third kappa shape index (κ3) is 2.83. The molecule has 114 valence electrons. The second-order valence-electron chi connectivity index (χ2n) is 5.26. The van der Waals surface area contributed by atoms with Gasteiger partial charge in [0.05, 0.1) is 0 Å². The lowest BCUT2D eigenvalue weighted by Crippen LogP contribution is -2.39. The van der Waals surface area contributed by atoms with Crippen LogP contribution in [0.1, 0.15) is 46.0 Å². The predicted molar refractivity (Wildman–Crippen MR) is 78.8 cm³/mol. The Balaban J connectivity index is 2.38. The Morgan fingerprint density at radius 1 is 1.35 bits per heavy atom. The SMILES string of the molecule is CCC1CCCCCN1S(=O)(=O)c1cn(CC)nc1N. The van der Waals surface area contributed by atoms with Crippen molar-refractivity contribution in [1.82, 2.24) is 14.1 Å². The van der Waals surface area contributed by atoms with Crippen LogP contribution in [0.4, 0.5) is 5.82 Å². The van der Waals surface area contributed by atoms with Crippen LogP contribution in [0.5, 0.6) is 0 Å². The molecule has 0 radical (unpaired) electrons. The van der Waals surface area contributed by atoms with Gasteiger partial charge in [-0.15, -0.1) is 0 Å². The van der Waals surface area contributed by atoms with Crippen LogP contribution < -0.4 is 5.73 Å². The van der Waals surface area contributed by atoms with Gasteiger partial charge in [-0.3, -0.25) is 4.68 Å². The molecule has 0 aliphatic carbocycles. The highest BCUT2D eigenvalue weighted by Crippen LogP contribution is 2.28. The van der Waals surface area contributed by atoms with E-state index in [0.717, 1.165) is 32.1 Å². The van der Waals surface area contributed by atoms with Crippen LogP contribution in [0.2, 0.25) is 0 Å². The summed E-state index contributed by atoms with van der Waals surface area (Å²) >= 11 is 0. The number of sulfonamides is 1. The Labute approximate surface area is 121 Å². The van der Waals surface area contributed by atoms with Crippen LogP contribution in [0, 0.1) is 0 Å². The fourth-order valence-corrected chi connectivity index (χ4v) is 4.61. The van der Waals surface area contributed by atoms with Crippen molar-refractivity contribution in [2.75, 3.05) is 12.3 Å². The molecule has 1 aliphatic heterocycles. The van der Waals surface area contributed by atoms with E-state index in [1.807, 2.05) is 13.8 Å². The molecule has 6 nitrogen and oxygen atoms in total. The Morgan fingerprint density at radius 2 is 2.10 bits per heavy atom. The lowest BCUT2D eigenvalue weighted by molar-refractivity contribution is 0.315. The first-order chi connectivity index (χ1) is 9.50. The van der Waals surface area contributed by atoms with Crippen LogP contribution in [-0.2, 0) is 16.6 Å². The van der Waals surface area contributed by atoms with Crippen molar-refractivity contribution in [2.45, 2.75) is 63.4 Å². The molecule has 7 heteroatoms. The summed E-state index contributed by atoms with van der Waals surface area (Å²) in [5.41, 5.74) is 5.80. The molecule has 1 aromatic rings. The molecule has 1 saturated heterocycles. The van der Waals surface area contributed by atoms with Crippen molar-refractivity contribution in [3.8, 4) is 0 Å². The summed E-state index contributed by atoms with van der Waals surface area (Å²) in [6, 6.07) is 0.0758. The highest BCUT2D eigenvalue weighted by Gasteiger charge is 2.34. The number of hydrogen-bond donors (Lipinski definition) is 1. The van der Waals surface area contributed by atoms with Crippen LogP contribution >= 0.6 is 0 Å². The molecule has 1 fully saturated rings. The fraction of sp³-hybridized carbons (Fsp3) is 0.769. The van der Waals surface area contributed by atoms with E-state index < -0.39 is 10.0 Å². The predicted octanol–water partition coefficient (Wildman–Crippen LogP) is 1.83. The van der Waals surface area contributed by atoms with E-state index in [0.29, 0.717) is 13.1 Å². The number of nitrogens with zero attached hydrogens (tertiary/aromatic N) is 3. The summed E-state index contributed by atoms with van der Waals surface area (Å²) in [6.07, 6.45) is 6.40. The minimum absolute atomic E-state index is 0.0758. The van der Waals surface area contributed by atoms with E-state index >= 15 is 0 Å². The molecular formula is C13H24N4O2S. The van der Waals surface area contributed by atoms with Crippen molar-refractivity contribution >= 4 is 15.8 Å². The van der Waals surface area contributed by atoms with Gasteiger partial charge in [-0.05, 0) is 26.2 Å². The molecule has 2 heterocycles. The van der Waals surface area contributed by atoms with Crippen molar-refractivity contribution in [3.63, 3.8) is 0 Å². The number of aromatic nitrogens is 2. The lowest BCUT2D eigenvalue weighted by atomic mass is 10.1. The number of anilines is 1. The van der Waals surface area contributed by atoms with E-state index in [1.54, 1.807) is 15.2 Å². The van der Waals surface area contributed by atoms with Crippen molar-refractivity contribution in [1.29, 1.82) is 0 Å². The fourth-order valence-electron chi connectivity index (χ4n) is 2.78. The first kappa shape index (κ1) is 15.3. The Kier molecular flexibility index (Phi) is 4.70. The standard InChI is InChI=1S/C13H24N4O2S/c1-3-11-8-6-5-7-9-17(11)20(18,19)12-10-16(4-2)15-13(12)14/h10-11H,3-9H2,1-2H3,(H2,14,15). The molecule has 1 atom stereocenters. The summed E-state index contributed by atoms with van der Waals surface area (Å²) in [4.78, 5) is 0.153. The van der Waals surface area contributed by atoms with Gasteiger partial charge in [-0.1, -0.05) is 19.8 Å². The monoisotopic (exact) mass is 300 g/mol. The molecule has 0 aromatic carbocycles. The molecule has 0 spiro atoms. The molecule has 1 aromatic heterocycles. The number of nitrogens with two attached hydrogens (primary N) is 1. The summed E-state index contributed by atoms with van der Waals surface area (Å²) in [7, 11) is -3.54. The van der Waals surface area contributed by atoms with Gasteiger partial charge in [-0.25, -0.2) is 8.42 Å². The van der Waals surface area contributed by atoms with Gasteiger partial charge in [0.15, 0.2) is 5.82 Å². The highest BCUT2D eigenvalue weighted by atomic mass is 32.2. The van der Waals surface area contributed by atoms with Crippen molar-refractivity contribution in [2.24, 2.45) is 0 Å². The largest absolute Gasteiger partial charge is 0.381 e. The second-order valence-corrected chi connectivity index (χ2v) is 7.12. The average molecular weight is 300 g/mol. The highest BCUT2D eigenvalue weighted by molar-refractivity contribution is 7.89. The maximum absolute atomic E-state index is 12.9. The minimum atomic E-state index is -3.54. The van der Waals surface area contributed by atoms with Crippen LogP contribution in [-0.4, -0.2) is 35.1 Å². The van der Waals surface area contributed by atoms with Gasteiger partial charge >= 0.3 is 0 Å². The molecule has 0 amide bonds. The maximum Gasteiger partial charge on any atom is 0.248 e. The zero-order valence-electron chi connectivity index (χ0n) is 12.2. The summed E-state index contributed by atoms with van der Waals surface area (Å²) in [6.45, 7) is 5.13. The molecule has 2 rings (SSSR count). The van der Waals surface area contributed by atoms with E-state index in [9.17, 15) is 8.42 Å². The third-order valence-corrected chi connectivity index (χ3v) is 5.93. The van der Waals surface area contributed by atoms with Crippen LogP contribution in [0.3, 0.4) is 0 Å². The minimum Gasteiger partial charge on any atom is -0.381 e. The third-order valence-electron chi connectivity index (χ3n) is 3.96. The van der Waals surface area contributed by atoms with Crippen molar-refractivity contribution in [3.05, 3.63) is 6.20 Å². The summed E-state index contributed by atoms with van der Waals surface area (Å²) in [5.74, 6) is 0.103. The smallest absolute Gasteiger partial charge is 0.248 e. The van der Waals surface area contributed by atoms with Crippen LogP contribution in [0.25, 0.3) is 0 Å². The summed E-state index contributed by atoms with van der Waals surface area (Å²) in [5, 5.41) is 4.05. The number of hydrogen-bond acceptors (Lipinski definition) is 4. The first-order valence-corrected chi connectivity index (χ1v) is 8.79. The number of nitrogen functional groups attached to an aromatic ring is 1. The van der Waals surface area contributed by atoms with Gasteiger partial charge in [0.25, 0.3) is 0 Å². The van der Waals surface area contributed by atoms with Gasteiger partial charge in [-0.2, -0.15) is 9.40 Å².